The molecule has 0 aromatic heterocycles. The van der Waals surface area contributed by atoms with E-state index in [1.807, 2.05) is 12.1 Å². The molecule has 0 atom stereocenters. The van der Waals surface area contributed by atoms with Crippen molar-refractivity contribution < 1.29 is 14.4 Å². The lowest BCUT2D eigenvalue weighted by Gasteiger charge is -2.24. The van der Waals surface area contributed by atoms with E-state index in [1.165, 1.54) is 49.4 Å². The van der Waals surface area contributed by atoms with Gasteiger partial charge in [0.1, 0.15) is 10.7 Å². The van der Waals surface area contributed by atoms with E-state index in [0.29, 0.717) is 12.2 Å². The fourth-order valence-corrected chi connectivity index (χ4v) is 4.87. The molecule has 3 amide bonds. The Morgan fingerprint density at radius 1 is 1.03 bits per heavy atom. The lowest BCUT2D eigenvalue weighted by Crippen LogP contribution is -2.33. The molecule has 3 rings (SSSR count). The molecule has 192 valence electrons. The summed E-state index contributed by atoms with van der Waals surface area (Å²) in [5.41, 5.74) is 14.1. The number of rotatable bonds is 11. The Morgan fingerprint density at radius 3 is 2.33 bits per heavy atom. The van der Waals surface area contributed by atoms with Crippen molar-refractivity contribution in [1.82, 2.24) is 9.80 Å². The summed E-state index contributed by atoms with van der Waals surface area (Å²) in [6.45, 7) is 6.98. The van der Waals surface area contributed by atoms with Crippen LogP contribution in [0.5, 0.6) is 0 Å². The van der Waals surface area contributed by atoms with Crippen molar-refractivity contribution >= 4 is 41.0 Å². The number of anilines is 2. The minimum atomic E-state index is -0.606. The average Bonchev–Trinajstić information content (AvgIpc) is 3.39. The first-order valence-electron chi connectivity index (χ1n) is 12.0. The Hall–Kier alpha value is -3.50. The molecule has 10 heteroatoms. The van der Waals surface area contributed by atoms with Crippen LogP contribution in [0.3, 0.4) is 0 Å². The molecular formula is C26H34N6O3S. The maximum Gasteiger partial charge on any atom is 0.274 e. The summed E-state index contributed by atoms with van der Waals surface area (Å²) in [4.78, 5) is 40.5. The van der Waals surface area contributed by atoms with Gasteiger partial charge in [-0.1, -0.05) is 18.2 Å². The highest BCUT2D eigenvalue weighted by Gasteiger charge is 2.22. The molecular weight excluding hydrogens is 476 g/mol. The summed E-state index contributed by atoms with van der Waals surface area (Å²) >= 11 is 1.10. The topological polar surface area (TPSA) is 134 Å². The SMILES string of the molecule is CCN(C(C)=O)/C(SNc1ccc(CCN2CCCC2)cc1)=C(\N)C(=O)Nc1cccc(C(N)=O)c1. The smallest absolute Gasteiger partial charge is 0.274 e. The van der Waals surface area contributed by atoms with E-state index >= 15 is 0 Å². The average molecular weight is 511 g/mol. The van der Waals surface area contributed by atoms with Crippen LogP contribution in [0.2, 0.25) is 0 Å². The van der Waals surface area contributed by atoms with Crippen molar-refractivity contribution in [3.8, 4) is 0 Å². The van der Waals surface area contributed by atoms with Crippen LogP contribution < -0.4 is 21.5 Å². The highest BCUT2D eigenvalue weighted by molar-refractivity contribution is 8.04. The number of carbonyl (C=O) groups is 3. The van der Waals surface area contributed by atoms with Crippen LogP contribution in [0.1, 0.15) is 42.6 Å². The molecule has 6 N–H and O–H groups in total. The van der Waals surface area contributed by atoms with Crippen molar-refractivity contribution in [2.75, 3.05) is 36.2 Å². The third kappa shape index (κ3) is 7.50. The summed E-state index contributed by atoms with van der Waals surface area (Å²) in [5.74, 6) is -1.45. The molecule has 1 aliphatic rings. The van der Waals surface area contributed by atoms with Crippen LogP contribution in [-0.2, 0) is 16.0 Å². The molecule has 1 fully saturated rings. The number of likely N-dealkylation sites (tertiary alicyclic amines) is 1. The predicted molar refractivity (Wildman–Crippen MR) is 145 cm³/mol. The third-order valence-electron chi connectivity index (χ3n) is 5.96. The Morgan fingerprint density at radius 2 is 1.72 bits per heavy atom. The van der Waals surface area contributed by atoms with E-state index in [2.05, 4.69) is 27.1 Å². The summed E-state index contributed by atoms with van der Waals surface area (Å²) in [5, 5.41) is 2.95. The van der Waals surface area contributed by atoms with Crippen LogP contribution in [0.15, 0.2) is 59.3 Å². The molecule has 0 bridgehead atoms. The van der Waals surface area contributed by atoms with E-state index < -0.39 is 11.8 Å². The molecule has 0 unspecified atom stereocenters. The number of nitrogens with one attached hydrogen (secondary N) is 2. The van der Waals surface area contributed by atoms with Crippen molar-refractivity contribution in [1.29, 1.82) is 0 Å². The molecule has 36 heavy (non-hydrogen) atoms. The zero-order chi connectivity index (χ0) is 26.1. The number of nitrogens with two attached hydrogens (primary N) is 2. The largest absolute Gasteiger partial charge is 0.392 e. The van der Waals surface area contributed by atoms with Crippen LogP contribution in [0.4, 0.5) is 11.4 Å². The van der Waals surface area contributed by atoms with Gasteiger partial charge >= 0.3 is 0 Å². The Balaban J connectivity index is 1.71. The second kappa shape index (κ2) is 13.0. The lowest BCUT2D eigenvalue weighted by molar-refractivity contribution is -0.126. The quantitative estimate of drug-likeness (QED) is 0.270. The van der Waals surface area contributed by atoms with Gasteiger partial charge < -0.3 is 31.3 Å². The van der Waals surface area contributed by atoms with E-state index in [0.717, 1.165) is 30.6 Å². The molecule has 2 aromatic rings. The summed E-state index contributed by atoms with van der Waals surface area (Å²) < 4.78 is 3.20. The monoisotopic (exact) mass is 510 g/mol. The van der Waals surface area contributed by atoms with Crippen molar-refractivity contribution in [3.63, 3.8) is 0 Å². The van der Waals surface area contributed by atoms with Crippen molar-refractivity contribution in [2.24, 2.45) is 11.5 Å². The van der Waals surface area contributed by atoms with Gasteiger partial charge in [0.2, 0.25) is 11.8 Å². The summed E-state index contributed by atoms with van der Waals surface area (Å²) in [7, 11) is 0. The van der Waals surface area contributed by atoms with E-state index in [-0.39, 0.29) is 22.2 Å². The van der Waals surface area contributed by atoms with Crippen molar-refractivity contribution in [3.05, 3.63) is 70.4 Å². The van der Waals surface area contributed by atoms with Crippen LogP contribution in [-0.4, -0.2) is 53.7 Å². The summed E-state index contributed by atoms with van der Waals surface area (Å²) in [6, 6.07) is 14.3. The van der Waals surface area contributed by atoms with Crippen LogP contribution >= 0.6 is 11.9 Å². The fourth-order valence-electron chi connectivity index (χ4n) is 3.95. The van der Waals surface area contributed by atoms with Gasteiger partial charge in [0.25, 0.3) is 5.91 Å². The van der Waals surface area contributed by atoms with Gasteiger partial charge in [0, 0.05) is 48.9 Å². The first-order valence-corrected chi connectivity index (χ1v) is 12.8. The Kier molecular flexibility index (Phi) is 9.77. The van der Waals surface area contributed by atoms with Gasteiger partial charge in [-0.15, -0.1) is 0 Å². The van der Waals surface area contributed by atoms with Gasteiger partial charge in [-0.3, -0.25) is 14.4 Å². The summed E-state index contributed by atoms with van der Waals surface area (Å²) in [6.07, 6.45) is 3.56. The second-order valence-electron chi connectivity index (χ2n) is 8.58. The lowest BCUT2D eigenvalue weighted by atomic mass is 10.1. The zero-order valence-electron chi connectivity index (χ0n) is 20.8. The number of carbonyl (C=O) groups excluding carboxylic acids is 3. The molecule has 2 aromatic carbocycles. The predicted octanol–water partition coefficient (Wildman–Crippen LogP) is 3.12. The number of benzene rings is 2. The highest BCUT2D eigenvalue weighted by Crippen LogP contribution is 2.26. The molecule has 1 saturated heterocycles. The molecule has 0 spiro atoms. The number of primary amides is 1. The van der Waals surface area contributed by atoms with E-state index in [1.54, 1.807) is 25.1 Å². The molecule has 0 aliphatic carbocycles. The molecule has 9 nitrogen and oxygen atoms in total. The first-order chi connectivity index (χ1) is 17.3. The maximum atomic E-state index is 12.9. The Labute approximate surface area is 216 Å². The number of hydrogen-bond donors (Lipinski definition) is 4. The van der Waals surface area contributed by atoms with Crippen LogP contribution in [0.25, 0.3) is 0 Å². The molecule has 0 radical (unpaired) electrons. The molecule has 1 aliphatic heterocycles. The fraction of sp³-hybridized carbons (Fsp3) is 0.346. The van der Waals surface area contributed by atoms with E-state index in [9.17, 15) is 14.4 Å². The molecule has 0 saturated carbocycles. The second-order valence-corrected chi connectivity index (χ2v) is 9.38. The number of amides is 3. The first kappa shape index (κ1) is 27.1. The standard InChI is InChI=1S/C26H34N6O3S/c1-3-32(18(2)33)26(23(27)25(35)29-22-8-6-7-20(17-22)24(28)34)36-30-21-11-9-19(10-12-21)13-16-31-14-4-5-15-31/h6-12,17,30H,3-5,13-16,27H2,1-2H3,(H2,28,34)(H,29,35)/b26-23+. The number of nitrogens with zero attached hydrogens (tertiary/aromatic N) is 2. The highest BCUT2D eigenvalue weighted by atomic mass is 32.2. The van der Waals surface area contributed by atoms with Gasteiger partial charge in [0.05, 0.1) is 0 Å². The minimum Gasteiger partial charge on any atom is -0.392 e. The van der Waals surface area contributed by atoms with Gasteiger partial charge in [-0.2, -0.15) is 0 Å². The Bertz CT molecular complexity index is 1110. The van der Waals surface area contributed by atoms with Crippen LogP contribution in [0, 0.1) is 0 Å². The maximum absolute atomic E-state index is 12.9. The third-order valence-corrected chi connectivity index (χ3v) is 6.93. The zero-order valence-corrected chi connectivity index (χ0v) is 21.6. The number of hydrogen-bond acceptors (Lipinski definition) is 7. The normalized spacial score (nSPS) is 14.2. The minimum absolute atomic E-state index is 0.128. The van der Waals surface area contributed by atoms with Gasteiger partial charge in [-0.25, -0.2) is 0 Å². The van der Waals surface area contributed by atoms with Gasteiger partial charge in [-0.05, 0) is 75.2 Å². The van der Waals surface area contributed by atoms with E-state index in [4.69, 9.17) is 11.5 Å². The molecule has 1 heterocycles. The van der Waals surface area contributed by atoms with Gasteiger partial charge in [0.15, 0.2) is 0 Å². The van der Waals surface area contributed by atoms with Crippen molar-refractivity contribution in [2.45, 2.75) is 33.1 Å².